The highest BCUT2D eigenvalue weighted by Gasteiger charge is 2.24. The maximum atomic E-state index is 6.30. The van der Waals surface area contributed by atoms with E-state index >= 15 is 0 Å². The molecule has 2 atom stereocenters. The summed E-state index contributed by atoms with van der Waals surface area (Å²) in [5, 5.41) is 2.11. The molecule has 0 radical (unpaired) electrons. The van der Waals surface area contributed by atoms with E-state index in [1.807, 2.05) is 12.1 Å². The minimum atomic E-state index is -0.0623. The first kappa shape index (κ1) is 15.1. The summed E-state index contributed by atoms with van der Waals surface area (Å²) in [6, 6.07) is 10.4. The maximum absolute atomic E-state index is 6.30. The highest BCUT2D eigenvalue weighted by Crippen LogP contribution is 2.32. The van der Waals surface area contributed by atoms with Gasteiger partial charge in [-0.05, 0) is 48.4 Å². The van der Waals surface area contributed by atoms with Gasteiger partial charge in [-0.3, -0.25) is 0 Å². The normalized spacial score (nSPS) is 14.0. The second-order valence-electron chi connectivity index (χ2n) is 5.04. The first-order valence-corrected chi connectivity index (χ1v) is 8.09. The molecule has 1 aromatic heterocycles. The van der Waals surface area contributed by atoms with Crippen molar-refractivity contribution >= 4 is 11.3 Å². The lowest BCUT2D eigenvalue weighted by atomic mass is 10.0. The van der Waals surface area contributed by atoms with Crippen LogP contribution in [0.15, 0.2) is 35.7 Å². The molecule has 0 amide bonds. The van der Waals surface area contributed by atoms with Crippen molar-refractivity contribution < 1.29 is 4.74 Å². The molecule has 0 bridgehead atoms. The summed E-state index contributed by atoms with van der Waals surface area (Å²) in [6.45, 7) is 6.37. The maximum Gasteiger partial charge on any atom is 0.148 e. The summed E-state index contributed by atoms with van der Waals surface area (Å²) in [5.41, 5.74) is 8.79. The molecule has 1 heterocycles. The fraction of sp³-hybridized carbons (Fsp3) is 0.412. The molecule has 0 aliphatic heterocycles. The number of aryl methyl sites for hydroxylation is 2. The molecule has 0 spiro atoms. The number of para-hydroxylation sites is 1. The molecule has 2 N–H and O–H groups in total. The molecule has 2 aromatic rings. The molecule has 0 aliphatic carbocycles. The van der Waals surface area contributed by atoms with Gasteiger partial charge in [0.25, 0.3) is 0 Å². The van der Waals surface area contributed by atoms with Crippen molar-refractivity contribution in [2.75, 3.05) is 0 Å². The van der Waals surface area contributed by atoms with Crippen molar-refractivity contribution in [3.63, 3.8) is 0 Å². The van der Waals surface area contributed by atoms with Gasteiger partial charge in [0.05, 0.1) is 0 Å². The van der Waals surface area contributed by atoms with Crippen LogP contribution < -0.4 is 10.5 Å². The first-order chi connectivity index (χ1) is 9.67. The molecule has 20 heavy (non-hydrogen) atoms. The molecule has 3 heteroatoms. The molecule has 1 aromatic carbocycles. The van der Waals surface area contributed by atoms with E-state index in [1.165, 1.54) is 16.0 Å². The van der Waals surface area contributed by atoms with Gasteiger partial charge in [-0.2, -0.15) is 0 Å². The average Bonchev–Trinajstić information content (AvgIpc) is 2.90. The van der Waals surface area contributed by atoms with Crippen molar-refractivity contribution in [3.8, 4) is 5.75 Å². The van der Waals surface area contributed by atoms with Crippen LogP contribution >= 0.6 is 11.3 Å². The zero-order valence-electron chi connectivity index (χ0n) is 12.4. The van der Waals surface area contributed by atoms with Crippen LogP contribution in [-0.2, 0) is 6.42 Å². The van der Waals surface area contributed by atoms with Gasteiger partial charge < -0.3 is 10.5 Å². The van der Waals surface area contributed by atoms with Gasteiger partial charge in [0, 0.05) is 10.9 Å². The Morgan fingerprint density at radius 2 is 1.95 bits per heavy atom. The largest absolute Gasteiger partial charge is 0.483 e. The molecular weight excluding hydrogens is 266 g/mol. The number of ether oxygens (including phenoxy) is 1. The minimum absolute atomic E-state index is 0.0114. The van der Waals surface area contributed by atoms with Crippen molar-refractivity contribution in [3.05, 3.63) is 51.7 Å². The standard InChI is InChI=1S/C17H23NOS/c1-4-13-8-6-7-9-15(13)19-16(14(18)5-2)17-12(3)10-11-20-17/h6-11,14,16H,4-5,18H2,1-3H3. The third kappa shape index (κ3) is 3.22. The lowest BCUT2D eigenvalue weighted by Crippen LogP contribution is -2.31. The Morgan fingerprint density at radius 1 is 1.20 bits per heavy atom. The van der Waals surface area contributed by atoms with Gasteiger partial charge in [-0.15, -0.1) is 11.3 Å². The van der Waals surface area contributed by atoms with Gasteiger partial charge in [0.1, 0.15) is 11.9 Å². The Morgan fingerprint density at radius 3 is 2.55 bits per heavy atom. The Hall–Kier alpha value is -1.32. The van der Waals surface area contributed by atoms with Gasteiger partial charge in [0.15, 0.2) is 0 Å². The van der Waals surface area contributed by atoms with E-state index in [-0.39, 0.29) is 12.1 Å². The molecule has 2 nitrogen and oxygen atoms in total. The van der Waals surface area contributed by atoms with E-state index in [1.54, 1.807) is 11.3 Å². The van der Waals surface area contributed by atoms with E-state index in [9.17, 15) is 0 Å². The highest BCUT2D eigenvalue weighted by atomic mass is 32.1. The van der Waals surface area contributed by atoms with E-state index in [0.29, 0.717) is 0 Å². The lowest BCUT2D eigenvalue weighted by molar-refractivity contribution is 0.172. The zero-order chi connectivity index (χ0) is 14.5. The Kier molecular flexibility index (Phi) is 5.21. The second-order valence-corrected chi connectivity index (χ2v) is 5.99. The zero-order valence-corrected chi connectivity index (χ0v) is 13.2. The Bertz CT molecular complexity index is 549. The predicted molar refractivity (Wildman–Crippen MR) is 86.5 cm³/mol. The average molecular weight is 289 g/mol. The van der Waals surface area contributed by atoms with Gasteiger partial charge in [-0.1, -0.05) is 32.0 Å². The van der Waals surface area contributed by atoms with Gasteiger partial charge in [-0.25, -0.2) is 0 Å². The lowest BCUT2D eigenvalue weighted by Gasteiger charge is -2.25. The topological polar surface area (TPSA) is 35.2 Å². The van der Waals surface area contributed by atoms with Crippen LogP contribution in [0.4, 0.5) is 0 Å². The van der Waals surface area contributed by atoms with E-state index in [2.05, 4.69) is 44.4 Å². The fourth-order valence-corrected chi connectivity index (χ4v) is 3.30. The summed E-state index contributed by atoms with van der Waals surface area (Å²) in [4.78, 5) is 1.24. The van der Waals surface area contributed by atoms with Gasteiger partial charge in [0.2, 0.25) is 0 Å². The van der Waals surface area contributed by atoms with Crippen LogP contribution in [0.25, 0.3) is 0 Å². The van der Waals surface area contributed by atoms with Crippen LogP contribution in [0.3, 0.4) is 0 Å². The summed E-state index contributed by atoms with van der Waals surface area (Å²) in [7, 11) is 0. The quantitative estimate of drug-likeness (QED) is 0.851. The number of benzene rings is 1. The number of hydrogen-bond acceptors (Lipinski definition) is 3. The van der Waals surface area contributed by atoms with Crippen LogP contribution in [0.1, 0.15) is 42.4 Å². The van der Waals surface area contributed by atoms with Crippen LogP contribution in [0, 0.1) is 6.92 Å². The first-order valence-electron chi connectivity index (χ1n) is 7.21. The fourth-order valence-electron chi connectivity index (χ4n) is 2.27. The molecule has 0 saturated carbocycles. The molecule has 2 rings (SSSR count). The van der Waals surface area contributed by atoms with E-state index < -0.39 is 0 Å². The van der Waals surface area contributed by atoms with Crippen LogP contribution in [-0.4, -0.2) is 6.04 Å². The second kappa shape index (κ2) is 6.91. The smallest absolute Gasteiger partial charge is 0.148 e. The summed E-state index contributed by atoms with van der Waals surface area (Å²) in [6.07, 6.45) is 1.80. The van der Waals surface area contributed by atoms with Gasteiger partial charge >= 0.3 is 0 Å². The summed E-state index contributed by atoms with van der Waals surface area (Å²) in [5.74, 6) is 0.955. The number of rotatable bonds is 6. The van der Waals surface area contributed by atoms with Crippen LogP contribution in [0.2, 0.25) is 0 Å². The Balaban J connectivity index is 2.31. The monoisotopic (exact) mass is 289 g/mol. The molecule has 2 unspecified atom stereocenters. The molecular formula is C17H23NOS. The Labute approximate surface area is 125 Å². The SMILES string of the molecule is CCc1ccccc1OC(c1sccc1C)C(N)CC. The highest BCUT2D eigenvalue weighted by molar-refractivity contribution is 7.10. The minimum Gasteiger partial charge on any atom is -0.483 e. The van der Waals surface area contributed by atoms with E-state index in [4.69, 9.17) is 10.5 Å². The molecule has 0 saturated heterocycles. The number of thiophene rings is 1. The third-order valence-corrected chi connectivity index (χ3v) is 4.71. The molecule has 0 fully saturated rings. The third-order valence-electron chi connectivity index (χ3n) is 3.63. The summed E-state index contributed by atoms with van der Waals surface area (Å²) >= 11 is 1.73. The van der Waals surface area contributed by atoms with Crippen molar-refractivity contribution in [2.45, 2.75) is 45.8 Å². The van der Waals surface area contributed by atoms with Crippen molar-refractivity contribution in [2.24, 2.45) is 5.73 Å². The molecule has 108 valence electrons. The van der Waals surface area contributed by atoms with Crippen molar-refractivity contribution in [1.29, 1.82) is 0 Å². The summed E-state index contributed by atoms with van der Waals surface area (Å²) < 4.78 is 6.30. The number of hydrogen-bond donors (Lipinski definition) is 1. The molecule has 0 aliphatic rings. The predicted octanol–water partition coefficient (Wildman–Crippen LogP) is 4.48. The van der Waals surface area contributed by atoms with Crippen molar-refractivity contribution in [1.82, 2.24) is 0 Å². The number of nitrogens with two attached hydrogens (primary N) is 1. The van der Waals surface area contributed by atoms with Crippen LogP contribution in [0.5, 0.6) is 5.75 Å². The van der Waals surface area contributed by atoms with E-state index in [0.717, 1.165) is 18.6 Å².